The molecule has 0 spiro atoms. The first-order valence-electron chi connectivity index (χ1n) is 5.92. The summed E-state index contributed by atoms with van der Waals surface area (Å²) < 4.78 is 0. The van der Waals surface area contributed by atoms with Gasteiger partial charge in [0.2, 0.25) is 0 Å². The quantitative estimate of drug-likeness (QED) is 0.604. The molecule has 0 unspecified atom stereocenters. The Bertz CT molecular complexity index is 413. The summed E-state index contributed by atoms with van der Waals surface area (Å²) in [6.07, 6.45) is 2.42. The Kier molecular flexibility index (Phi) is 3.64. The standard InChI is InChI=1S/C13H19N3O/c1-16(12-6-7-12)13(14)15-8-10-4-2-3-5-11(10)9-17/h2-5,12,17H,6-9H2,1H3,(H2,14,15). The summed E-state index contributed by atoms with van der Waals surface area (Å²) >= 11 is 0. The van der Waals surface area contributed by atoms with Gasteiger partial charge in [0.25, 0.3) is 0 Å². The number of hydrogen-bond acceptors (Lipinski definition) is 2. The van der Waals surface area contributed by atoms with Crippen LogP contribution in [0.4, 0.5) is 0 Å². The molecule has 1 fully saturated rings. The first-order valence-corrected chi connectivity index (χ1v) is 5.92. The molecule has 3 N–H and O–H groups in total. The van der Waals surface area contributed by atoms with E-state index in [1.165, 1.54) is 12.8 Å². The molecule has 1 saturated carbocycles. The van der Waals surface area contributed by atoms with Gasteiger partial charge in [0.1, 0.15) is 0 Å². The van der Waals surface area contributed by atoms with Crippen molar-refractivity contribution in [3.63, 3.8) is 0 Å². The molecule has 0 atom stereocenters. The third-order valence-electron chi connectivity index (χ3n) is 3.16. The van der Waals surface area contributed by atoms with E-state index in [-0.39, 0.29) is 6.61 Å². The van der Waals surface area contributed by atoms with Crippen molar-refractivity contribution in [3.8, 4) is 0 Å². The van der Waals surface area contributed by atoms with E-state index in [1.807, 2.05) is 36.2 Å². The van der Waals surface area contributed by atoms with Gasteiger partial charge >= 0.3 is 0 Å². The van der Waals surface area contributed by atoms with Crippen LogP contribution in [-0.2, 0) is 13.2 Å². The van der Waals surface area contributed by atoms with Gasteiger partial charge in [-0.05, 0) is 24.0 Å². The second-order valence-electron chi connectivity index (χ2n) is 4.44. The van der Waals surface area contributed by atoms with Gasteiger partial charge in [-0.2, -0.15) is 0 Å². The summed E-state index contributed by atoms with van der Waals surface area (Å²) in [6, 6.07) is 8.32. The van der Waals surface area contributed by atoms with E-state index < -0.39 is 0 Å². The zero-order chi connectivity index (χ0) is 12.3. The second-order valence-corrected chi connectivity index (χ2v) is 4.44. The molecule has 4 nitrogen and oxygen atoms in total. The van der Waals surface area contributed by atoms with Gasteiger partial charge in [-0.15, -0.1) is 0 Å². The summed E-state index contributed by atoms with van der Waals surface area (Å²) in [6.45, 7) is 0.573. The van der Waals surface area contributed by atoms with Crippen molar-refractivity contribution in [3.05, 3.63) is 35.4 Å². The fourth-order valence-electron chi connectivity index (χ4n) is 1.79. The zero-order valence-electron chi connectivity index (χ0n) is 10.1. The molecule has 17 heavy (non-hydrogen) atoms. The molecule has 0 saturated heterocycles. The Morgan fingerprint density at radius 3 is 2.65 bits per heavy atom. The molecule has 0 heterocycles. The van der Waals surface area contributed by atoms with Gasteiger partial charge in [0.05, 0.1) is 13.2 Å². The van der Waals surface area contributed by atoms with E-state index in [0.29, 0.717) is 18.5 Å². The van der Waals surface area contributed by atoms with Crippen LogP contribution in [-0.4, -0.2) is 29.1 Å². The van der Waals surface area contributed by atoms with Crippen LogP contribution in [0.25, 0.3) is 0 Å². The van der Waals surface area contributed by atoms with E-state index in [9.17, 15) is 5.11 Å². The number of aliphatic imine (C=N–C) groups is 1. The maximum atomic E-state index is 9.20. The molecule has 4 heteroatoms. The lowest BCUT2D eigenvalue weighted by molar-refractivity contribution is 0.280. The summed E-state index contributed by atoms with van der Waals surface area (Å²) in [5, 5.41) is 9.20. The first kappa shape index (κ1) is 11.9. The first-order chi connectivity index (χ1) is 8.22. The molecule has 0 bridgehead atoms. The Hall–Kier alpha value is -1.55. The minimum Gasteiger partial charge on any atom is -0.392 e. The molecule has 0 aliphatic heterocycles. The van der Waals surface area contributed by atoms with Crippen LogP contribution in [0.3, 0.4) is 0 Å². The third-order valence-corrected chi connectivity index (χ3v) is 3.16. The fourth-order valence-corrected chi connectivity index (χ4v) is 1.79. The zero-order valence-corrected chi connectivity index (χ0v) is 10.1. The van der Waals surface area contributed by atoms with Crippen molar-refractivity contribution < 1.29 is 5.11 Å². The van der Waals surface area contributed by atoms with Crippen LogP contribution in [0.5, 0.6) is 0 Å². The lowest BCUT2D eigenvalue weighted by Crippen LogP contribution is -2.35. The third kappa shape index (κ3) is 2.97. The Morgan fingerprint density at radius 2 is 2.06 bits per heavy atom. The molecular formula is C13H19N3O. The van der Waals surface area contributed by atoms with Crippen molar-refractivity contribution in [1.82, 2.24) is 4.90 Å². The van der Waals surface area contributed by atoms with Crippen molar-refractivity contribution in [2.24, 2.45) is 10.7 Å². The van der Waals surface area contributed by atoms with E-state index in [4.69, 9.17) is 5.73 Å². The monoisotopic (exact) mass is 233 g/mol. The van der Waals surface area contributed by atoms with Gasteiger partial charge in [0, 0.05) is 13.1 Å². The summed E-state index contributed by atoms with van der Waals surface area (Å²) in [5.41, 5.74) is 7.86. The van der Waals surface area contributed by atoms with E-state index in [0.717, 1.165) is 11.1 Å². The highest BCUT2D eigenvalue weighted by molar-refractivity contribution is 5.78. The predicted octanol–water partition coefficient (Wildman–Crippen LogP) is 1.09. The molecule has 0 amide bonds. The molecule has 1 aromatic rings. The number of aliphatic hydroxyl groups excluding tert-OH is 1. The lowest BCUT2D eigenvalue weighted by atomic mass is 10.1. The number of benzene rings is 1. The van der Waals surface area contributed by atoms with Gasteiger partial charge in [-0.25, -0.2) is 4.99 Å². The highest BCUT2D eigenvalue weighted by Crippen LogP contribution is 2.25. The second kappa shape index (κ2) is 5.19. The van der Waals surface area contributed by atoms with Gasteiger partial charge in [-0.3, -0.25) is 0 Å². The number of nitrogens with two attached hydrogens (primary N) is 1. The maximum Gasteiger partial charge on any atom is 0.191 e. The van der Waals surface area contributed by atoms with Gasteiger partial charge < -0.3 is 15.7 Å². The molecule has 1 aliphatic rings. The molecule has 0 radical (unpaired) electrons. The predicted molar refractivity (Wildman–Crippen MR) is 68.5 cm³/mol. The van der Waals surface area contributed by atoms with E-state index >= 15 is 0 Å². The number of nitrogens with zero attached hydrogens (tertiary/aromatic N) is 2. The summed E-state index contributed by atoms with van der Waals surface area (Å²) in [7, 11) is 1.98. The van der Waals surface area contributed by atoms with Crippen LogP contribution >= 0.6 is 0 Å². The van der Waals surface area contributed by atoms with Crippen molar-refractivity contribution in [1.29, 1.82) is 0 Å². The Morgan fingerprint density at radius 1 is 1.41 bits per heavy atom. The number of aliphatic hydroxyl groups is 1. The molecule has 92 valence electrons. The van der Waals surface area contributed by atoms with Crippen LogP contribution in [0.15, 0.2) is 29.3 Å². The number of rotatable bonds is 4. The summed E-state index contributed by atoms with van der Waals surface area (Å²) in [4.78, 5) is 6.40. The molecule has 1 aromatic carbocycles. The van der Waals surface area contributed by atoms with Gasteiger partial charge in [0.15, 0.2) is 5.96 Å². The molecule has 2 rings (SSSR count). The SMILES string of the molecule is CN(C(N)=NCc1ccccc1CO)C1CC1. The largest absolute Gasteiger partial charge is 0.392 e. The lowest BCUT2D eigenvalue weighted by Gasteiger charge is -2.17. The Labute approximate surface area is 102 Å². The van der Waals surface area contributed by atoms with E-state index in [2.05, 4.69) is 4.99 Å². The highest BCUT2D eigenvalue weighted by atomic mass is 16.3. The van der Waals surface area contributed by atoms with E-state index in [1.54, 1.807) is 0 Å². The van der Waals surface area contributed by atoms with Crippen molar-refractivity contribution in [2.75, 3.05) is 7.05 Å². The van der Waals surface area contributed by atoms with Crippen LogP contribution in [0.1, 0.15) is 24.0 Å². The maximum absolute atomic E-state index is 9.20. The molecule has 1 aliphatic carbocycles. The minimum atomic E-state index is 0.0457. The van der Waals surface area contributed by atoms with Crippen LogP contribution in [0, 0.1) is 0 Å². The van der Waals surface area contributed by atoms with Crippen LogP contribution in [0.2, 0.25) is 0 Å². The highest BCUT2D eigenvalue weighted by Gasteiger charge is 2.27. The minimum absolute atomic E-state index is 0.0457. The smallest absolute Gasteiger partial charge is 0.191 e. The van der Waals surface area contributed by atoms with Gasteiger partial charge in [-0.1, -0.05) is 24.3 Å². The topological polar surface area (TPSA) is 61.8 Å². The fraction of sp³-hybridized carbons (Fsp3) is 0.462. The van der Waals surface area contributed by atoms with Crippen molar-refractivity contribution >= 4 is 5.96 Å². The molecule has 0 aromatic heterocycles. The summed E-state index contributed by atoms with van der Waals surface area (Å²) in [5.74, 6) is 0.584. The number of hydrogen-bond donors (Lipinski definition) is 2. The average molecular weight is 233 g/mol. The van der Waals surface area contributed by atoms with Crippen molar-refractivity contribution in [2.45, 2.75) is 32.0 Å². The van der Waals surface area contributed by atoms with Crippen LogP contribution < -0.4 is 5.73 Å². The average Bonchev–Trinajstić information content (AvgIpc) is 3.19. The molecular weight excluding hydrogens is 214 g/mol. The normalized spacial score (nSPS) is 16.0. The number of guanidine groups is 1. The Balaban J connectivity index is 2.02.